The maximum atomic E-state index is 12.6. The predicted molar refractivity (Wildman–Crippen MR) is 92.0 cm³/mol. The molecule has 0 saturated heterocycles. The zero-order valence-corrected chi connectivity index (χ0v) is 15.1. The molecular formula is C18H26ClNO3. The number of carbonyl (C=O) groups is 1. The first-order chi connectivity index (χ1) is 10.8. The summed E-state index contributed by atoms with van der Waals surface area (Å²) in [5.74, 6) is 0.532. The van der Waals surface area contributed by atoms with Crippen LogP contribution >= 0.6 is 11.6 Å². The van der Waals surface area contributed by atoms with Crippen LogP contribution in [0.5, 0.6) is 5.75 Å². The molecule has 1 fully saturated rings. The fraction of sp³-hybridized carbons (Fsp3) is 0.611. The molecule has 0 unspecified atom stereocenters. The van der Waals surface area contributed by atoms with Crippen LogP contribution in [0.2, 0.25) is 5.02 Å². The molecule has 1 aromatic rings. The highest BCUT2D eigenvalue weighted by atomic mass is 35.5. The topological polar surface area (TPSA) is 49.8 Å². The van der Waals surface area contributed by atoms with E-state index in [2.05, 4.69) is 0 Å². The molecule has 2 rings (SSSR count). The average molecular weight is 340 g/mol. The first-order valence-electron chi connectivity index (χ1n) is 8.19. The molecule has 1 aliphatic rings. The number of ether oxygens (including phenoxy) is 1. The zero-order chi connectivity index (χ0) is 17.1. The molecule has 0 aromatic heterocycles. The maximum absolute atomic E-state index is 12.6. The second kappa shape index (κ2) is 7.54. The van der Waals surface area contributed by atoms with Gasteiger partial charge in [0.15, 0.2) is 6.10 Å². The van der Waals surface area contributed by atoms with Gasteiger partial charge in [-0.05, 0) is 56.9 Å². The smallest absolute Gasteiger partial charge is 0.263 e. The predicted octanol–water partition coefficient (Wildman–Crippen LogP) is 3.49. The van der Waals surface area contributed by atoms with Crippen LogP contribution in [0.4, 0.5) is 0 Å². The minimum atomic E-state index is -0.603. The van der Waals surface area contributed by atoms with E-state index < -0.39 is 12.2 Å². The molecule has 5 heteroatoms. The Morgan fingerprint density at radius 3 is 2.43 bits per heavy atom. The molecule has 1 aromatic carbocycles. The van der Waals surface area contributed by atoms with Gasteiger partial charge in [0, 0.05) is 12.1 Å². The molecular weight excluding hydrogens is 314 g/mol. The van der Waals surface area contributed by atoms with Gasteiger partial charge >= 0.3 is 0 Å². The molecule has 128 valence electrons. The van der Waals surface area contributed by atoms with E-state index in [-0.39, 0.29) is 11.9 Å². The second-order valence-corrected chi connectivity index (χ2v) is 6.88. The van der Waals surface area contributed by atoms with E-state index in [4.69, 9.17) is 16.3 Å². The number of carbonyl (C=O) groups excluding carboxylic acids is 1. The number of aliphatic hydroxyl groups excluding tert-OH is 1. The number of hydrogen-bond donors (Lipinski definition) is 1. The standard InChI is InChI=1S/C18H26ClNO3/c1-11-9-14(10-12(2)17(11)19)23-13(3)18(22)20(4)15-7-5-6-8-16(15)21/h9-10,13,15-16,21H,5-8H2,1-4H3/t13-,15-,16+/m1/s1. The zero-order valence-electron chi connectivity index (χ0n) is 14.3. The number of hydrogen-bond acceptors (Lipinski definition) is 3. The van der Waals surface area contributed by atoms with Crippen molar-refractivity contribution in [2.24, 2.45) is 0 Å². The summed E-state index contributed by atoms with van der Waals surface area (Å²) in [6.45, 7) is 5.58. The highest BCUT2D eigenvalue weighted by molar-refractivity contribution is 6.32. The van der Waals surface area contributed by atoms with Crippen LogP contribution in [0.3, 0.4) is 0 Å². The van der Waals surface area contributed by atoms with E-state index in [0.717, 1.165) is 41.8 Å². The van der Waals surface area contributed by atoms with Gasteiger partial charge in [-0.2, -0.15) is 0 Å². The number of aryl methyl sites for hydroxylation is 2. The number of rotatable bonds is 4. The highest BCUT2D eigenvalue weighted by Crippen LogP contribution is 2.27. The van der Waals surface area contributed by atoms with Gasteiger partial charge in [0.05, 0.1) is 12.1 Å². The summed E-state index contributed by atoms with van der Waals surface area (Å²) in [5, 5.41) is 10.8. The van der Waals surface area contributed by atoms with Crippen LogP contribution in [-0.2, 0) is 4.79 Å². The summed E-state index contributed by atoms with van der Waals surface area (Å²) in [5.41, 5.74) is 1.86. The van der Waals surface area contributed by atoms with Gasteiger partial charge in [-0.1, -0.05) is 24.4 Å². The molecule has 0 heterocycles. The summed E-state index contributed by atoms with van der Waals surface area (Å²) in [7, 11) is 1.75. The van der Waals surface area contributed by atoms with Gasteiger partial charge in [0.25, 0.3) is 5.91 Å². The molecule has 1 saturated carbocycles. The van der Waals surface area contributed by atoms with E-state index >= 15 is 0 Å². The van der Waals surface area contributed by atoms with Crippen LogP contribution in [0.1, 0.15) is 43.7 Å². The lowest BCUT2D eigenvalue weighted by Crippen LogP contribution is -2.50. The van der Waals surface area contributed by atoms with E-state index in [1.807, 2.05) is 26.0 Å². The number of halogens is 1. The van der Waals surface area contributed by atoms with Crippen molar-refractivity contribution in [2.75, 3.05) is 7.05 Å². The monoisotopic (exact) mass is 339 g/mol. The Kier molecular flexibility index (Phi) is 5.93. The Morgan fingerprint density at radius 2 is 1.87 bits per heavy atom. The number of nitrogens with zero attached hydrogens (tertiary/aromatic N) is 1. The normalized spacial score (nSPS) is 22.5. The van der Waals surface area contributed by atoms with Gasteiger partial charge in [-0.3, -0.25) is 4.79 Å². The lowest BCUT2D eigenvalue weighted by atomic mass is 9.91. The molecule has 0 aliphatic heterocycles. The van der Waals surface area contributed by atoms with Crippen molar-refractivity contribution in [3.63, 3.8) is 0 Å². The largest absolute Gasteiger partial charge is 0.481 e. The first kappa shape index (κ1) is 18.1. The van der Waals surface area contributed by atoms with Crippen molar-refractivity contribution in [2.45, 2.75) is 64.7 Å². The molecule has 1 N–H and O–H groups in total. The molecule has 23 heavy (non-hydrogen) atoms. The van der Waals surface area contributed by atoms with Crippen molar-refractivity contribution in [1.82, 2.24) is 4.90 Å². The molecule has 0 bridgehead atoms. The van der Waals surface area contributed by atoms with Gasteiger partial charge in [-0.15, -0.1) is 0 Å². The lowest BCUT2D eigenvalue weighted by Gasteiger charge is -2.36. The third kappa shape index (κ3) is 4.18. The number of aliphatic hydroxyl groups is 1. The Hall–Kier alpha value is -1.26. The minimum absolute atomic E-state index is 0.110. The van der Waals surface area contributed by atoms with Crippen LogP contribution in [0, 0.1) is 13.8 Å². The number of benzene rings is 1. The Balaban J connectivity index is 2.04. The average Bonchev–Trinajstić information content (AvgIpc) is 2.51. The van der Waals surface area contributed by atoms with E-state index in [1.54, 1.807) is 18.9 Å². The third-order valence-electron chi connectivity index (χ3n) is 4.61. The Bertz CT molecular complexity index is 552. The van der Waals surface area contributed by atoms with Crippen LogP contribution < -0.4 is 4.74 Å². The van der Waals surface area contributed by atoms with Crippen molar-refractivity contribution in [1.29, 1.82) is 0 Å². The molecule has 0 spiro atoms. The van der Waals surface area contributed by atoms with Gasteiger partial charge in [0.1, 0.15) is 5.75 Å². The van der Waals surface area contributed by atoms with Crippen LogP contribution in [0.25, 0.3) is 0 Å². The molecule has 3 atom stereocenters. The Morgan fingerprint density at radius 1 is 1.30 bits per heavy atom. The van der Waals surface area contributed by atoms with Crippen LogP contribution in [-0.4, -0.2) is 41.2 Å². The highest BCUT2D eigenvalue weighted by Gasteiger charge is 2.32. The lowest BCUT2D eigenvalue weighted by molar-refractivity contribution is -0.142. The summed E-state index contributed by atoms with van der Waals surface area (Å²) in [6, 6.07) is 3.57. The number of likely N-dealkylation sites (N-methyl/N-ethyl adjacent to an activating group) is 1. The van der Waals surface area contributed by atoms with Gasteiger partial charge < -0.3 is 14.7 Å². The second-order valence-electron chi connectivity index (χ2n) is 6.50. The molecule has 1 aliphatic carbocycles. The van der Waals surface area contributed by atoms with Crippen molar-refractivity contribution >= 4 is 17.5 Å². The van der Waals surface area contributed by atoms with E-state index in [1.165, 1.54) is 0 Å². The summed E-state index contributed by atoms with van der Waals surface area (Å²) >= 11 is 6.16. The summed E-state index contributed by atoms with van der Waals surface area (Å²) in [4.78, 5) is 14.2. The van der Waals surface area contributed by atoms with Crippen LogP contribution in [0.15, 0.2) is 12.1 Å². The molecule has 0 radical (unpaired) electrons. The fourth-order valence-corrected chi connectivity index (χ4v) is 3.33. The summed E-state index contributed by atoms with van der Waals surface area (Å²) < 4.78 is 5.81. The SMILES string of the molecule is Cc1cc(O[C@H](C)C(=O)N(C)[C@@H]2CCCC[C@@H]2O)cc(C)c1Cl. The first-order valence-corrected chi connectivity index (χ1v) is 8.57. The van der Waals surface area contributed by atoms with Crippen molar-refractivity contribution in [3.05, 3.63) is 28.3 Å². The minimum Gasteiger partial charge on any atom is -0.481 e. The molecule has 4 nitrogen and oxygen atoms in total. The fourth-order valence-electron chi connectivity index (χ4n) is 3.22. The van der Waals surface area contributed by atoms with E-state index in [0.29, 0.717) is 5.75 Å². The van der Waals surface area contributed by atoms with Gasteiger partial charge in [0.2, 0.25) is 0 Å². The Labute approximate surface area is 143 Å². The quantitative estimate of drug-likeness (QED) is 0.913. The summed E-state index contributed by atoms with van der Waals surface area (Å²) in [6.07, 6.45) is 2.63. The maximum Gasteiger partial charge on any atom is 0.263 e. The van der Waals surface area contributed by atoms with E-state index in [9.17, 15) is 9.90 Å². The van der Waals surface area contributed by atoms with Gasteiger partial charge in [-0.25, -0.2) is 0 Å². The number of amides is 1. The van der Waals surface area contributed by atoms with Crippen molar-refractivity contribution in [3.8, 4) is 5.75 Å². The van der Waals surface area contributed by atoms with Crippen molar-refractivity contribution < 1.29 is 14.6 Å². The third-order valence-corrected chi connectivity index (χ3v) is 5.21. The molecule has 1 amide bonds.